The second-order valence-electron chi connectivity index (χ2n) is 7.95. The second kappa shape index (κ2) is 7.84. The van der Waals surface area contributed by atoms with E-state index in [1.165, 1.54) is 16.4 Å². The van der Waals surface area contributed by atoms with Crippen molar-refractivity contribution in [1.29, 1.82) is 0 Å². The summed E-state index contributed by atoms with van der Waals surface area (Å²) >= 11 is 0. The highest BCUT2D eigenvalue weighted by atomic mass is 19.1. The maximum Gasteiger partial charge on any atom is 0.280 e. The molecule has 0 unspecified atom stereocenters. The summed E-state index contributed by atoms with van der Waals surface area (Å²) in [5, 5.41) is 20.6. The van der Waals surface area contributed by atoms with Gasteiger partial charge in [0.15, 0.2) is 0 Å². The molecule has 0 atom stereocenters. The second-order valence-corrected chi connectivity index (χ2v) is 7.95. The monoisotopic (exact) mass is 427 g/mol. The maximum atomic E-state index is 15.0. The van der Waals surface area contributed by atoms with Gasteiger partial charge >= 0.3 is 0 Å². The van der Waals surface area contributed by atoms with Gasteiger partial charge in [0.2, 0.25) is 5.43 Å². The summed E-state index contributed by atoms with van der Waals surface area (Å²) < 4.78 is 18.2. The number of amides is 1. The summed E-state index contributed by atoms with van der Waals surface area (Å²) in [6.07, 6.45) is 4.90. The van der Waals surface area contributed by atoms with Crippen LogP contribution < -0.4 is 16.2 Å². The average Bonchev–Trinajstić information content (AvgIpc) is 3.53. The fourth-order valence-electron chi connectivity index (χ4n) is 4.00. The number of carbonyl (C=O) groups is 1. The van der Waals surface area contributed by atoms with E-state index in [1.807, 2.05) is 0 Å². The molecule has 3 heterocycles. The van der Waals surface area contributed by atoms with E-state index < -0.39 is 17.2 Å². The quantitative estimate of drug-likeness (QED) is 0.403. The predicted molar refractivity (Wildman–Crippen MR) is 109 cm³/mol. The molecular weight excluding hydrogens is 405 g/mol. The standard InChI is InChI=1S/C20H22FN7O3/c21-16-7-14-17(27(13-1-2-13)11-15(19(14)29)20(30)24-31)8-18(16)28-10-12(23-25-28)9-26-5-3-22-4-6-26/h7-8,10-11,13,22,31H,1-6,9H2,(H,24,30). The molecule has 2 aliphatic rings. The first-order valence-corrected chi connectivity index (χ1v) is 10.2. The Labute approximate surface area is 176 Å². The van der Waals surface area contributed by atoms with Crippen molar-refractivity contribution in [2.45, 2.75) is 25.4 Å². The largest absolute Gasteiger partial charge is 0.343 e. The van der Waals surface area contributed by atoms with E-state index in [1.54, 1.807) is 16.8 Å². The lowest BCUT2D eigenvalue weighted by atomic mass is 10.1. The number of nitrogens with zero attached hydrogens (tertiary/aromatic N) is 5. The van der Waals surface area contributed by atoms with Crippen LogP contribution in [0.2, 0.25) is 0 Å². The molecule has 1 aliphatic carbocycles. The number of carbonyl (C=O) groups excluding carboxylic acids is 1. The number of hydroxylamine groups is 1. The van der Waals surface area contributed by atoms with E-state index in [2.05, 4.69) is 20.5 Å². The number of pyridine rings is 1. The van der Waals surface area contributed by atoms with Crippen LogP contribution in [0.1, 0.15) is 34.9 Å². The average molecular weight is 427 g/mol. The molecule has 2 aromatic heterocycles. The molecular formula is C20H22FN7O3. The molecule has 11 heteroatoms. The van der Waals surface area contributed by atoms with Crippen LogP contribution in [0, 0.1) is 5.82 Å². The van der Waals surface area contributed by atoms with Crippen molar-refractivity contribution in [2.75, 3.05) is 26.2 Å². The number of benzene rings is 1. The van der Waals surface area contributed by atoms with Crippen molar-refractivity contribution in [2.24, 2.45) is 0 Å². The first-order chi connectivity index (χ1) is 15.0. The number of aromatic nitrogens is 4. The van der Waals surface area contributed by atoms with Crippen LogP contribution in [-0.4, -0.2) is 61.8 Å². The third kappa shape index (κ3) is 3.71. The van der Waals surface area contributed by atoms with Gasteiger partial charge in [0.25, 0.3) is 5.91 Å². The summed E-state index contributed by atoms with van der Waals surface area (Å²) in [5.74, 6) is -1.56. The lowest BCUT2D eigenvalue weighted by molar-refractivity contribution is 0.0704. The summed E-state index contributed by atoms with van der Waals surface area (Å²) in [5.41, 5.74) is 2.04. The summed E-state index contributed by atoms with van der Waals surface area (Å²) in [4.78, 5) is 26.9. The molecule has 3 N–H and O–H groups in total. The Morgan fingerprint density at radius 1 is 1.26 bits per heavy atom. The molecule has 1 saturated carbocycles. The number of nitrogens with one attached hydrogen (secondary N) is 2. The fraction of sp³-hybridized carbons (Fsp3) is 0.400. The molecule has 0 radical (unpaired) electrons. The molecule has 1 amide bonds. The van der Waals surface area contributed by atoms with Gasteiger partial charge in [-0.05, 0) is 25.0 Å². The number of halogens is 1. The first kappa shape index (κ1) is 19.8. The SMILES string of the molecule is O=C(NO)c1cn(C2CC2)c2cc(-n3cc(CN4CCNCC4)nn3)c(F)cc2c1=O. The van der Waals surface area contributed by atoms with Crippen molar-refractivity contribution in [3.63, 3.8) is 0 Å². The number of piperazine rings is 1. The maximum absolute atomic E-state index is 15.0. The molecule has 0 bridgehead atoms. The summed E-state index contributed by atoms with van der Waals surface area (Å²) in [6, 6.07) is 2.80. The first-order valence-electron chi connectivity index (χ1n) is 10.2. The zero-order valence-corrected chi connectivity index (χ0v) is 16.7. The zero-order chi connectivity index (χ0) is 21.5. The van der Waals surface area contributed by atoms with Gasteiger partial charge in [0.05, 0.1) is 17.4 Å². The number of fused-ring (bicyclic) bond motifs is 1. The van der Waals surface area contributed by atoms with Crippen LogP contribution in [0.3, 0.4) is 0 Å². The third-order valence-electron chi connectivity index (χ3n) is 5.77. The van der Waals surface area contributed by atoms with E-state index in [0.29, 0.717) is 12.1 Å². The number of hydrogen-bond acceptors (Lipinski definition) is 7. The molecule has 1 saturated heterocycles. The minimum atomic E-state index is -0.917. The van der Waals surface area contributed by atoms with Crippen molar-refractivity contribution in [3.05, 3.63) is 51.8 Å². The van der Waals surface area contributed by atoms with E-state index in [9.17, 15) is 9.59 Å². The van der Waals surface area contributed by atoms with Crippen LogP contribution in [0.25, 0.3) is 16.6 Å². The molecule has 162 valence electrons. The highest BCUT2D eigenvalue weighted by molar-refractivity contribution is 5.97. The molecule has 3 aromatic rings. The minimum Gasteiger partial charge on any atom is -0.343 e. The molecule has 1 aliphatic heterocycles. The fourth-order valence-corrected chi connectivity index (χ4v) is 4.00. The lowest BCUT2D eigenvalue weighted by Crippen LogP contribution is -2.42. The van der Waals surface area contributed by atoms with Gasteiger partial charge in [0, 0.05) is 50.3 Å². The molecule has 5 rings (SSSR count). The molecule has 31 heavy (non-hydrogen) atoms. The van der Waals surface area contributed by atoms with E-state index in [4.69, 9.17) is 5.21 Å². The van der Waals surface area contributed by atoms with E-state index in [-0.39, 0.29) is 22.7 Å². The van der Waals surface area contributed by atoms with Crippen LogP contribution in [0.5, 0.6) is 0 Å². The van der Waals surface area contributed by atoms with Gasteiger partial charge in [-0.1, -0.05) is 5.21 Å². The lowest BCUT2D eigenvalue weighted by Gasteiger charge is -2.25. The Balaban J connectivity index is 1.56. The number of hydrogen-bond donors (Lipinski definition) is 3. The Kier molecular flexibility index (Phi) is 5.00. The Bertz CT molecular complexity index is 1210. The third-order valence-corrected chi connectivity index (χ3v) is 5.77. The van der Waals surface area contributed by atoms with E-state index >= 15 is 4.39 Å². The van der Waals surface area contributed by atoms with Gasteiger partial charge in [-0.3, -0.25) is 19.7 Å². The topological polar surface area (TPSA) is 117 Å². The Hall–Kier alpha value is -3.15. The van der Waals surface area contributed by atoms with Crippen LogP contribution in [-0.2, 0) is 6.54 Å². The van der Waals surface area contributed by atoms with Gasteiger partial charge in [-0.25, -0.2) is 14.6 Å². The van der Waals surface area contributed by atoms with Gasteiger partial charge < -0.3 is 9.88 Å². The normalized spacial score (nSPS) is 17.2. The van der Waals surface area contributed by atoms with Gasteiger partial charge in [-0.2, -0.15) is 0 Å². The van der Waals surface area contributed by atoms with Gasteiger partial charge in [0.1, 0.15) is 17.1 Å². The smallest absolute Gasteiger partial charge is 0.280 e. The highest BCUT2D eigenvalue weighted by Gasteiger charge is 2.27. The Morgan fingerprint density at radius 3 is 2.74 bits per heavy atom. The molecule has 10 nitrogen and oxygen atoms in total. The molecule has 1 aromatic carbocycles. The van der Waals surface area contributed by atoms with Crippen LogP contribution in [0.4, 0.5) is 4.39 Å². The van der Waals surface area contributed by atoms with Crippen molar-refractivity contribution >= 4 is 16.8 Å². The molecule has 0 spiro atoms. The van der Waals surface area contributed by atoms with Crippen LogP contribution >= 0.6 is 0 Å². The van der Waals surface area contributed by atoms with Crippen molar-refractivity contribution < 1.29 is 14.4 Å². The van der Waals surface area contributed by atoms with E-state index in [0.717, 1.165) is 50.8 Å². The highest BCUT2D eigenvalue weighted by Crippen LogP contribution is 2.37. The summed E-state index contributed by atoms with van der Waals surface area (Å²) in [6.45, 7) is 4.29. The Morgan fingerprint density at radius 2 is 2.03 bits per heavy atom. The molecule has 2 fully saturated rings. The number of rotatable bonds is 5. The predicted octanol–water partition coefficient (Wildman–Crippen LogP) is 0.580. The van der Waals surface area contributed by atoms with Crippen LogP contribution in [0.15, 0.2) is 29.3 Å². The zero-order valence-electron chi connectivity index (χ0n) is 16.7. The van der Waals surface area contributed by atoms with Crippen molar-refractivity contribution in [3.8, 4) is 5.69 Å². The minimum absolute atomic E-state index is 0.0791. The van der Waals surface area contributed by atoms with Gasteiger partial charge in [-0.15, -0.1) is 5.10 Å². The van der Waals surface area contributed by atoms with Crippen molar-refractivity contribution in [1.82, 2.24) is 35.3 Å². The summed E-state index contributed by atoms with van der Waals surface area (Å²) in [7, 11) is 0.